The van der Waals surface area contributed by atoms with Gasteiger partial charge >= 0.3 is 0 Å². The van der Waals surface area contributed by atoms with Crippen molar-refractivity contribution in [3.8, 4) is 0 Å². The molecule has 2 rings (SSSR count). The van der Waals surface area contributed by atoms with E-state index in [4.69, 9.17) is 19.3 Å². The van der Waals surface area contributed by atoms with Crippen molar-refractivity contribution >= 4 is 0 Å². The highest BCUT2D eigenvalue weighted by molar-refractivity contribution is 4.94. The summed E-state index contributed by atoms with van der Waals surface area (Å²) >= 11 is 0. The van der Waals surface area contributed by atoms with Crippen molar-refractivity contribution in [2.75, 3.05) is 13.2 Å². The zero-order chi connectivity index (χ0) is 18.9. The van der Waals surface area contributed by atoms with Crippen molar-refractivity contribution < 1.29 is 50.0 Å². The summed E-state index contributed by atoms with van der Waals surface area (Å²) in [7, 11) is 0. The standard InChI is InChI=1S/C15H28O10/c1-5(2)14-12(21)10(19)9(18)7(24-14)4-23-15-13(22)11(20)8(17)6(3-16)25-15/h5-22H,3-4H2,1-2H3/t6-,7-,8+,9+,10+,11+,12-,13-,14+,15-/m1/s1. The fraction of sp³-hybridized carbons (Fsp3) is 1.00. The van der Waals surface area contributed by atoms with Crippen LogP contribution in [0.3, 0.4) is 0 Å². The van der Waals surface area contributed by atoms with Gasteiger partial charge in [0.25, 0.3) is 0 Å². The molecule has 0 saturated carbocycles. The van der Waals surface area contributed by atoms with Crippen LogP contribution in [0, 0.1) is 5.92 Å². The summed E-state index contributed by atoms with van der Waals surface area (Å²) in [6, 6.07) is 0. The van der Waals surface area contributed by atoms with E-state index in [1.54, 1.807) is 13.8 Å². The van der Waals surface area contributed by atoms with Crippen LogP contribution in [0.2, 0.25) is 0 Å². The second-order valence-corrected chi connectivity index (χ2v) is 6.89. The Morgan fingerprint density at radius 3 is 1.88 bits per heavy atom. The van der Waals surface area contributed by atoms with Gasteiger partial charge in [-0.1, -0.05) is 13.8 Å². The third-order valence-electron chi connectivity index (χ3n) is 4.68. The Balaban J connectivity index is 1.99. The molecule has 0 aliphatic carbocycles. The molecule has 10 heteroatoms. The minimum atomic E-state index is -1.58. The summed E-state index contributed by atoms with van der Waals surface area (Å²) in [4.78, 5) is 0. The maximum absolute atomic E-state index is 10.0. The fourth-order valence-electron chi connectivity index (χ4n) is 3.06. The minimum Gasteiger partial charge on any atom is -0.394 e. The molecule has 7 N–H and O–H groups in total. The van der Waals surface area contributed by atoms with Gasteiger partial charge in [-0.2, -0.15) is 0 Å². The monoisotopic (exact) mass is 368 g/mol. The van der Waals surface area contributed by atoms with Crippen LogP contribution in [0.15, 0.2) is 0 Å². The molecule has 25 heavy (non-hydrogen) atoms. The van der Waals surface area contributed by atoms with Crippen LogP contribution in [-0.2, 0) is 14.2 Å². The van der Waals surface area contributed by atoms with Crippen molar-refractivity contribution in [1.82, 2.24) is 0 Å². The molecule has 148 valence electrons. The van der Waals surface area contributed by atoms with Crippen LogP contribution >= 0.6 is 0 Å². The summed E-state index contributed by atoms with van der Waals surface area (Å²) in [5.74, 6) is -0.132. The molecule has 0 aromatic heterocycles. The van der Waals surface area contributed by atoms with Gasteiger partial charge < -0.3 is 50.0 Å². The summed E-state index contributed by atoms with van der Waals surface area (Å²) in [5.41, 5.74) is 0. The first-order valence-electron chi connectivity index (χ1n) is 8.30. The van der Waals surface area contributed by atoms with E-state index in [0.717, 1.165) is 0 Å². The molecule has 0 unspecified atom stereocenters. The van der Waals surface area contributed by atoms with E-state index in [0.29, 0.717) is 0 Å². The molecule has 2 aliphatic heterocycles. The van der Waals surface area contributed by atoms with E-state index in [1.165, 1.54) is 0 Å². The van der Waals surface area contributed by atoms with Crippen LogP contribution in [0.1, 0.15) is 13.8 Å². The number of aliphatic hydroxyl groups is 7. The van der Waals surface area contributed by atoms with Gasteiger partial charge in [0, 0.05) is 0 Å². The number of ether oxygens (including phenoxy) is 3. The van der Waals surface area contributed by atoms with E-state index < -0.39 is 67.8 Å². The normalized spacial score (nSPS) is 48.7. The molecular weight excluding hydrogens is 340 g/mol. The predicted octanol–water partition coefficient (Wildman–Crippen LogP) is -3.69. The lowest BCUT2D eigenvalue weighted by Gasteiger charge is -2.43. The number of aliphatic hydroxyl groups excluding tert-OH is 7. The molecule has 2 saturated heterocycles. The highest BCUT2D eigenvalue weighted by Gasteiger charge is 2.47. The highest BCUT2D eigenvalue weighted by Crippen LogP contribution is 2.27. The topological polar surface area (TPSA) is 169 Å². The Bertz CT molecular complexity index is 419. The first kappa shape index (κ1) is 20.9. The summed E-state index contributed by atoms with van der Waals surface area (Å²) in [6.07, 6.45) is -13.0. The van der Waals surface area contributed by atoms with Crippen molar-refractivity contribution in [2.45, 2.75) is 75.1 Å². The predicted molar refractivity (Wildman–Crippen MR) is 81.2 cm³/mol. The zero-order valence-electron chi connectivity index (χ0n) is 14.1. The van der Waals surface area contributed by atoms with Gasteiger partial charge in [-0.3, -0.25) is 0 Å². The van der Waals surface area contributed by atoms with Gasteiger partial charge in [-0.05, 0) is 5.92 Å². The lowest BCUT2D eigenvalue weighted by atomic mass is 9.89. The Hall–Kier alpha value is -0.400. The van der Waals surface area contributed by atoms with Crippen molar-refractivity contribution in [3.63, 3.8) is 0 Å². The first-order chi connectivity index (χ1) is 11.7. The second kappa shape index (κ2) is 8.53. The molecule has 0 bridgehead atoms. The lowest BCUT2D eigenvalue weighted by molar-refractivity contribution is -0.315. The van der Waals surface area contributed by atoms with E-state index in [2.05, 4.69) is 0 Å². The van der Waals surface area contributed by atoms with Crippen LogP contribution in [-0.4, -0.2) is 110 Å². The van der Waals surface area contributed by atoms with Crippen molar-refractivity contribution in [2.24, 2.45) is 5.92 Å². The SMILES string of the molecule is CC(C)[C@@H]1O[C@H](CO[C@@H]2O[C@H](CO)[C@H](O)[C@H](O)[C@H]2O)[C@H](O)[C@H](O)[C@H]1O. The summed E-state index contributed by atoms with van der Waals surface area (Å²) < 4.78 is 16.1. The zero-order valence-corrected chi connectivity index (χ0v) is 14.1. The quantitative estimate of drug-likeness (QED) is 0.256. The molecule has 0 aromatic carbocycles. The van der Waals surface area contributed by atoms with Crippen LogP contribution in [0.5, 0.6) is 0 Å². The summed E-state index contributed by atoms with van der Waals surface area (Å²) in [5, 5.41) is 68.5. The molecule has 2 heterocycles. The van der Waals surface area contributed by atoms with Gasteiger partial charge in [0.1, 0.15) is 48.8 Å². The maximum atomic E-state index is 10.0. The van der Waals surface area contributed by atoms with Crippen LogP contribution in [0.4, 0.5) is 0 Å². The molecule has 10 atom stereocenters. The molecule has 0 amide bonds. The van der Waals surface area contributed by atoms with Gasteiger partial charge in [-0.15, -0.1) is 0 Å². The molecule has 0 radical (unpaired) electrons. The van der Waals surface area contributed by atoms with E-state index in [1.807, 2.05) is 0 Å². The van der Waals surface area contributed by atoms with E-state index in [9.17, 15) is 30.6 Å². The van der Waals surface area contributed by atoms with Gasteiger partial charge in [-0.25, -0.2) is 0 Å². The highest BCUT2D eigenvalue weighted by atomic mass is 16.7. The molecule has 0 aromatic rings. The number of hydrogen-bond acceptors (Lipinski definition) is 10. The van der Waals surface area contributed by atoms with E-state index >= 15 is 0 Å². The molecule has 0 spiro atoms. The Morgan fingerprint density at radius 1 is 0.760 bits per heavy atom. The van der Waals surface area contributed by atoms with E-state index in [-0.39, 0.29) is 12.5 Å². The molecule has 10 nitrogen and oxygen atoms in total. The van der Waals surface area contributed by atoms with Gasteiger partial charge in [0.05, 0.1) is 19.3 Å². The first-order valence-corrected chi connectivity index (χ1v) is 8.30. The average Bonchev–Trinajstić information content (AvgIpc) is 2.58. The lowest BCUT2D eigenvalue weighted by Crippen LogP contribution is -2.62. The molecule has 2 fully saturated rings. The maximum Gasteiger partial charge on any atom is 0.186 e. The molecule has 2 aliphatic rings. The summed E-state index contributed by atoms with van der Waals surface area (Å²) in [6.45, 7) is 2.67. The second-order valence-electron chi connectivity index (χ2n) is 6.89. The Morgan fingerprint density at radius 2 is 1.32 bits per heavy atom. The smallest absolute Gasteiger partial charge is 0.186 e. The Kier molecular flexibility index (Phi) is 7.13. The molecular formula is C15H28O10. The fourth-order valence-corrected chi connectivity index (χ4v) is 3.06. The third-order valence-corrected chi connectivity index (χ3v) is 4.68. The average molecular weight is 368 g/mol. The number of hydrogen-bond donors (Lipinski definition) is 7. The van der Waals surface area contributed by atoms with Crippen LogP contribution < -0.4 is 0 Å². The van der Waals surface area contributed by atoms with Crippen molar-refractivity contribution in [3.05, 3.63) is 0 Å². The largest absolute Gasteiger partial charge is 0.394 e. The third kappa shape index (κ3) is 4.30. The minimum absolute atomic E-state index is 0.132. The Labute approximate surface area is 145 Å². The van der Waals surface area contributed by atoms with Crippen LogP contribution in [0.25, 0.3) is 0 Å². The number of rotatable bonds is 5. The van der Waals surface area contributed by atoms with Gasteiger partial charge in [0.15, 0.2) is 6.29 Å². The van der Waals surface area contributed by atoms with Crippen molar-refractivity contribution in [1.29, 1.82) is 0 Å². The van der Waals surface area contributed by atoms with Gasteiger partial charge in [0.2, 0.25) is 0 Å².